The molecule has 0 bridgehead atoms. The first kappa shape index (κ1) is 16.6. The summed E-state index contributed by atoms with van der Waals surface area (Å²) in [6.07, 6.45) is 0.373. The second kappa shape index (κ2) is 6.79. The van der Waals surface area contributed by atoms with Gasteiger partial charge in [-0.15, -0.1) is 12.3 Å². The van der Waals surface area contributed by atoms with E-state index in [1.807, 2.05) is 0 Å². The van der Waals surface area contributed by atoms with Gasteiger partial charge >= 0.3 is 12.1 Å². The van der Waals surface area contributed by atoms with Crippen molar-refractivity contribution < 1.29 is 27.5 Å². The maximum absolute atomic E-state index is 12.6. The molecule has 1 N–H and O–H groups in total. The Morgan fingerprint density at radius 3 is 2.62 bits per heavy atom. The van der Waals surface area contributed by atoms with Crippen LogP contribution in [0.1, 0.15) is 22.3 Å². The Morgan fingerprint density at radius 2 is 2.10 bits per heavy atom. The van der Waals surface area contributed by atoms with Crippen molar-refractivity contribution in [1.82, 2.24) is 5.32 Å². The highest BCUT2D eigenvalue weighted by Crippen LogP contribution is 2.29. The maximum Gasteiger partial charge on any atom is 0.416 e. The molecule has 0 radical (unpaired) electrons. The van der Waals surface area contributed by atoms with Crippen molar-refractivity contribution in [3.8, 4) is 12.3 Å². The summed E-state index contributed by atoms with van der Waals surface area (Å²) >= 11 is 0. The van der Waals surface area contributed by atoms with Crippen molar-refractivity contribution in [3.05, 3.63) is 35.4 Å². The summed E-state index contributed by atoms with van der Waals surface area (Å²) in [5, 5.41) is 2.24. The summed E-state index contributed by atoms with van der Waals surface area (Å²) in [4.78, 5) is 23.3. The summed E-state index contributed by atoms with van der Waals surface area (Å²) in [6.45, 7) is 0. The Labute approximate surface area is 119 Å². The van der Waals surface area contributed by atoms with Crippen LogP contribution in [-0.2, 0) is 15.7 Å². The lowest BCUT2D eigenvalue weighted by Gasteiger charge is -2.14. The Bertz CT molecular complexity index is 576. The fourth-order valence-corrected chi connectivity index (χ4v) is 1.53. The van der Waals surface area contributed by atoms with Gasteiger partial charge in [0, 0.05) is 12.0 Å². The van der Waals surface area contributed by atoms with Crippen LogP contribution >= 0.6 is 0 Å². The molecular formula is C14H12F3NO3. The monoisotopic (exact) mass is 299 g/mol. The first-order chi connectivity index (χ1) is 9.79. The molecule has 1 aromatic rings. The van der Waals surface area contributed by atoms with Gasteiger partial charge in [0.2, 0.25) is 0 Å². The van der Waals surface area contributed by atoms with Gasteiger partial charge in [0.15, 0.2) is 0 Å². The number of hydrogen-bond donors (Lipinski definition) is 1. The molecular weight excluding hydrogens is 287 g/mol. The molecule has 0 aliphatic carbocycles. The number of alkyl halides is 3. The van der Waals surface area contributed by atoms with Gasteiger partial charge in [-0.25, -0.2) is 4.79 Å². The van der Waals surface area contributed by atoms with Crippen molar-refractivity contribution in [2.75, 3.05) is 7.11 Å². The summed E-state index contributed by atoms with van der Waals surface area (Å²) in [5.74, 6) is 0.569. The molecule has 1 aromatic carbocycles. The van der Waals surface area contributed by atoms with Crippen LogP contribution in [0.3, 0.4) is 0 Å². The first-order valence-electron chi connectivity index (χ1n) is 5.79. The third-order valence-electron chi connectivity index (χ3n) is 2.57. The minimum Gasteiger partial charge on any atom is -0.467 e. The fraction of sp³-hybridized carbons (Fsp3) is 0.286. The molecule has 0 spiro atoms. The molecule has 0 aromatic heterocycles. The Balaban J connectivity index is 2.93. The average Bonchev–Trinajstić information content (AvgIpc) is 2.45. The first-order valence-corrected chi connectivity index (χ1v) is 5.79. The third kappa shape index (κ3) is 4.53. The molecule has 1 rings (SSSR count). The number of carbonyl (C=O) groups excluding carboxylic acids is 2. The number of terminal acetylenes is 1. The van der Waals surface area contributed by atoms with Crippen LogP contribution in [0.5, 0.6) is 0 Å². The number of amides is 1. The minimum atomic E-state index is -4.56. The smallest absolute Gasteiger partial charge is 0.416 e. The summed E-state index contributed by atoms with van der Waals surface area (Å²) in [7, 11) is 1.11. The van der Waals surface area contributed by atoms with Gasteiger partial charge < -0.3 is 10.1 Å². The molecule has 112 valence electrons. The number of ether oxygens (including phenoxy) is 1. The highest BCUT2D eigenvalue weighted by atomic mass is 19.4. The van der Waals surface area contributed by atoms with Crippen LogP contribution < -0.4 is 5.32 Å². The van der Waals surface area contributed by atoms with Crippen LogP contribution in [-0.4, -0.2) is 25.0 Å². The van der Waals surface area contributed by atoms with Gasteiger partial charge in [-0.1, -0.05) is 6.07 Å². The number of benzene rings is 1. The number of nitrogens with one attached hydrogen (secondary N) is 1. The molecule has 0 heterocycles. The van der Waals surface area contributed by atoms with E-state index in [1.54, 1.807) is 0 Å². The third-order valence-corrected chi connectivity index (χ3v) is 2.57. The lowest BCUT2D eigenvalue weighted by molar-refractivity contribution is -0.142. The van der Waals surface area contributed by atoms with Crippen molar-refractivity contribution >= 4 is 11.9 Å². The molecule has 1 atom stereocenters. The van der Waals surface area contributed by atoms with Crippen molar-refractivity contribution in [2.45, 2.75) is 18.6 Å². The summed E-state index contributed by atoms with van der Waals surface area (Å²) in [5.41, 5.74) is -1.18. The van der Waals surface area contributed by atoms with Crippen molar-refractivity contribution in [1.29, 1.82) is 0 Å². The van der Waals surface area contributed by atoms with Gasteiger partial charge in [0.05, 0.1) is 12.7 Å². The van der Waals surface area contributed by atoms with Gasteiger partial charge in [0.1, 0.15) is 6.04 Å². The van der Waals surface area contributed by atoms with Gasteiger partial charge in [-0.2, -0.15) is 13.2 Å². The fourth-order valence-electron chi connectivity index (χ4n) is 1.53. The predicted molar refractivity (Wildman–Crippen MR) is 68.2 cm³/mol. The number of methoxy groups -OCH3 is 1. The van der Waals surface area contributed by atoms with E-state index in [1.165, 1.54) is 6.07 Å². The van der Waals surface area contributed by atoms with Crippen molar-refractivity contribution in [2.24, 2.45) is 0 Å². The number of rotatable bonds is 4. The average molecular weight is 299 g/mol. The Hall–Kier alpha value is -2.49. The molecule has 4 nitrogen and oxygen atoms in total. The lowest BCUT2D eigenvalue weighted by Crippen LogP contribution is -2.41. The molecule has 7 heteroatoms. The lowest BCUT2D eigenvalue weighted by atomic mass is 10.1. The molecule has 0 aliphatic rings. The number of esters is 1. The zero-order chi connectivity index (χ0) is 16.0. The standard InChI is InChI=1S/C14H12F3NO3/c1-3-5-11(13(20)21-2)18-12(19)9-6-4-7-10(8-9)14(15,16)17/h1,4,6-8,11H,5H2,2H3,(H,18,19)/t11-/m0/s1. The van der Waals surface area contributed by atoms with E-state index < -0.39 is 29.7 Å². The highest BCUT2D eigenvalue weighted by Gasteiger charge is 2.31. The van der Waals surface area contributed by atoms with E-state index in [2.05, 4.69) is 16.0 Å². The summed E-state index contributed by atoms with van der Waals surface area (Å²) < 4.78 is 42.1. The zero-order valence-electron chi connectivity index (χ0n) is 11.0. The van der Waals surface area contributed by atoms with Crippen molar-refractivity contribution in [3.63, 3.8) is 0 Å². The van der Waals surface area contributed by atoms with E-state index in [0.717, 1.165) is 19.2 Å². The minimum absolute atomic E-state index is 0.128. The molecule has 0 saturated heterocycles. The number of carbonyl (C=O) groups is 2. The molecule has 0 aliphatic heterocycles. The van der Waals surface area contributed by atoms with E-state index in [0.29, 0.717) is 6.07 Å². The van der Waals surface area contributed by atoms with Crippen LogP contribution in [0.25, 0.3) is 0 Å². The van der Waals surface area contributed by atoms with Crippen LogP contribution in [0.4, 0.5) is 13.2 Å². The Kier molecular flexibility index (Phi) is 5.36. The highest BCUT2D eigenvalue weighted by molar-refractivity contribution is 5.97. The van der Waals surface area contributed by atoms with E-state index in [-0.39, 0.29) is 12.0 Å². The number of hydrogen-bond acceptors (Lipinski definition) is 3. The maximum atomic E-state index is 12.6. The van der Waals surface area contributed by atoms with Crippen LogP contribution in [0, 0.1) is 12.3 Å². The number of halogens is 3. The SMILES string of the molecule is C#CC[C@H](NC(=O)c1cccc(C(F)(F)F)c1)C(=O)OC. The Morgan fingerprint density at radius 1 is 1.43 bits per heavy atom. The molecule has 1 amide bonds. The second-order valence-electron chi connectivity index (χ2n) is 4.04. The molecule has 21 heavy (non-hydrogen) atoms. The summed E-state index contributed by atoms with van der Waals surface area (Å²) in [6, 6.07) is 2.73. The normalized spacial score (nSPS) is 12.1. The van der Waals surface area contributed by atoms with E-state index in [9.17, 15) is 22.8 Å². The van der Waals surface area contributed by atoms with Gasteiger partial charge in [0.25, 0.3) is 5.91 Å². The zero-order valence-corrected chi connectivity index (χ0v) is 11.0. The van der Waals surface area contributed by atoms with E-state index in [4.69, 9.17) is 6.42 Å². The molecule has 0 unspecified atom stereocenters. The second-order valence-corrected chi connectivity index (χ2v) is 4.04. The predicted octanol–water partition coefficient (Wildman–Crippen LogP) is 2.00. The molecule has 0 saturated carbocycles. The van der Waals surface area contributed by atoms with Crippen LogP contribution in [0.15, 0.2) is 24.3 Å². The topological polar surface area (TPSA) is 55.4 Å². The quantitative estimate of drug-likeness (QED) is 0.683. The van der Waals surface area contributed by atoms with Crippen LogP contribution in [0.2, 0.25) is 0 Å². The van der Waals surface area contributed by atoms with Gasteiger partial charge in [-0.05, 0) is 18.2 Å². The van der Waals surface area contributed by atoms with Gasteiger partial charge in [-0.3, -0.25) is 4.79 Å². The molecule has 0 fully saturated rings. The largest absolute Gasteiger partial charge is 0.467 e. The van der Waals surface area contributed by atoms with E-state index >= 15 is 0 Å².